The first kappa shape index (κ1) is 16.0. The molecule has 26 heavy (non-hydrogen) atoms. The Bertz CT molecular complexity index is 1050. The van der Waals surface area contributed by atoms with E-state index in [1.54, 1.807) is 11.7 Å². The van der Waals surface area contributed by atoms with Crippen molar-refractivity contribution in [1.82, 2.24) is 30.3 Å². The van der Waals surface area contributed by atoms with Gasteiger partial charge in [0, 0.05) is 31.0 Å². The lowest BCUT2D eigenvalue weighted by atomic mass is 10.2. The van der Waals surface area contributed by atoms with Crippen LogP contribution in [0.1, 0.15) is 16.3 Å². The summed E-state index contributed by atoms with van der Waals surface area (Å²) in [7, 11) is 1.78. The van der Waals surface area contributed by atoms with Crippen LogP contribution in [0.3, 0.4) is 0 Å². The molecule has 0 saturated heterocycles. The highest BCUT2D eigenvalue weighted by Gasteiger charge is 2.16. The maximum absolute atomic E-state index is 12.5. The molecule has 0 atom stereocenters. The number of amides is 1. The van der Waals surface area contributed by atoms with E-state index in [-0.39, 0.29) is 5.91 Å². The Hall–Kier alpha value is -3.48. The predicted octanol–water partition coefficient (Wildman–Crippen LogP) is 2.33. The lowest BCUT2D eigenvalue weighted by Gasteiger charge is -2.04. The van der Waals surface area contributed by atoms with Crippen LogP contribution in [0.2, 0.25) is 0 Å². The zero-order valence-electron chi connectivity index (χ0n) is 14.3. The number of rotatable bonds is 5. The molecule has 2 aromatic heterocycles. The minimum atomic E-state index is -0.149. The van der Waals surface area contributed by atoms with Gasteiger partial charge < -0.3 is 5.32 Å². The van der Waals surface area contributed by atoms with Gasteiger partial charge in [0.2, 0.25) is 0 Å². The summed E-state index contributed by atoms with van der Waals surface area (Å²) in [6, 6.07) is 17.4. The van der Waals surface area contributed by atoms with Gasteiger partial charge in [-0.15, -0.1) is 0 Å². The van der Waals surface area contributed by atoms with Crippen molar-refractivity contribution in [3.05, 3.63) is 66.1 Å². The van der Waals surface area contributed by atoms with Crippen LogP contribution in [0.4, 0.5) is 0 Å². The van der Waals surface area contributed by atoms with E-state index < -0.39 is 0 Å². The minimum Gasteiger partial charge on any atom is -0.350 e. The quantitative estimate of drug-likeness (QED) is 0.580. The van der Waals surface area contributed by atoms with Crippen LogP contribution in [0, 0.1) is 0 Å². The molecule has 2 aromatic carbocycles. The maximum Gasteiger partial charge on any atom is 0.270 e. The number of hydrogen-bond donors (Lipinski definition) is 2. The third-order valence-electron chi connectivity index (χ3n) is 4.17. The first-order valence-electron chi connectivity index (χ1n) is 8.39. The van der Waals surface area contributed by atoms with Crippen LogP contribution in [-0.4, -0.2) is 37.4 Å². The molecule has 4 rings (SSSR count). The second-order valence-corrected chi connectivity index (χ2v) is 5.97. The van der Waals surface area contributed by atoms with Crippen LogP contribution >= 0.6 is 0 Å². The summed E-state index contributed by atoms with van der Waals surface area (Å²) in [5.74, 6) is 1.24. The van der Waals surface area contributed by atoms with Gasteiger partial charge in [-0.2, -0.15) is 10.2 Å². The molecule has 0 fully saturated rings. The topological polar surface area (TPSA) is 88.5 Å². The zero-order valence-corrected chi connectivity index (χ0v) is 14.3. The van der Waals surface area contributed by atoms with Crippen molar-refractivity contribution in [3.8, 4) is 11.4 Å². The van der Waals surface area contributed by atoms with Crippen molar-refractivity contribution in [2.24, 2.45) is 7.05 Å². The highest BCUT2D eigenvalue weighted by molar-refractivity contribution is 6.04. The molecule has 0 aliphatic heterocycles. The van der Waals surface area contributed by atoms with Gasteiger partial charge in [-0.05, 0) is 6.07 Å². The van der Waals surface area contributed by atoms with E-state index in [1.807, 2.05) is 54.6 Å². The normalized spacial score (nSPS) is 11.0. The number of aromatic nitrogens is 5. The molecular formula is C19H18N6O. The first-order valence-corrected chi connectivity index (χ1v) is 8.39. The van der Waals surface area contributed by atoms with Gasteiger partial charge in [-0.25, -0.2) is 4.98 Å². The smallest absolute Gasteiger partial charge is 0.270 e. The lowest BCUT2D eigenvalue weighted by Crippen LogP contribution is -2.28. The van der Waals surface area contributed by atoms with Gasteiger partial charge in [0.1, 0.15) is 11.5 Å². The van der Waals surface area contributed by atoms with E-state index in [0.29, 0.717) is 24.5 Å². The molecule has 2 heterocycles. The van der Waals surface area contributed by atoms with E-state index in [0.717, 1.165) is 22.3 Å². The van der Waals surface area contributed by atoms with Gasteiger partial charge >= 0.3 is 0 Å². The molecule has 0 aliphatic rings. The molecule has 130 valence electrons. The molecule has 0 spiro atoms. The summed E-state index contributed by atoms with van der Waals surface area (Å²) in [6.07, 6.45) is 0.571. The highest BCUT2D eigenvalue weighted by atomic mass is 16.2. The van der Waals surface area contributed by atoms with Gasteiger partial charge in [0.25, 0.3) is 5.91 Å². The summed E-state index contributed by atoms with van der Waals surface area (Å²) < 4.78 is 1.61. The van der Waals surface area contributed by atoms with E-state index in [1.165, 1.54) is 0 Å². The Balaban J connectivity index is 1.41. The van der Waals surface area contributed by atoms with Crippen molar-refractivity contribution in [2.75, 3.05) is 6.54 Å². The first-order chi connectivity index (χ1) is 12.7. The Kier molecular flexibility index (Phi) is 4.18. The number of H-pyrrole nitrogens is 1. The molecule has 0 radical (unpaired) electrons. The molecule has 7 heteroatoms. The fraction of sp³-hybridized carbons (Fsp3) is 0.158. The standard InChI is InChI=1S/C19H18N6O/c1-25-17(14-9-5-6-10-15(14)24-25)19(26)20-12-11-16-21-18(23-22-16)13-7-3-2-4-8-13/h2-10H,11-12H2,1H3,(H,20,26)(H,21,22,23). The second-order valence-electron chi connectivity index (χ2n) is 5.97. The lowest BCUT2D eigenvalue weighted by molar-refractivity contribution is 0.0946. The van der Waals surface area contributed by atoms with Crippen molar-refractivity contribution < 1.29 is 4.79 Å². The van der Waals surface area contributed by atoms with Gasteiger partial charge in [-0.3, -0.25) is 14.6 Å². The fourth-order valence-electron chi connectivity index (χ4n) is 2.92. The number of aryl methyl sites for hydroxylation is 1. The Labute approximate surface area is 150 Å². The number of fused-ring (bicyclic) bond motifs is 1. The molecule has 7 nitrogen and oxygen atoms in total. The van der Waals surface area contributed by atoms with Gasteiger partial charge in [-0.1, -0.05) is 48.5 Å². The zero-order chi connectivity index (χ0) is 17.9. The van der Waals surface area contributed by atoms with E-state index in [9.17, 15) is 4.79 Å². The van der Waals surface area contributed by atoms with Crippen LogP contribution in [-0.2, 0) is 13.5 Å². The Morgan fingerprint density at radius 1 is 1.12 bits per heavy atom. The summed E-state index contributed by atoms with van der Waals surface area (Å²) in [4.78, 5) is 17.0. The number of nitrogens with zero attached hydrogens (tertiary/aromatic N) is 4. The van der Waals surface area contributed by atoms with Gasteiger partial charge in [0.15, 0.2) is 5.82 Å². The highest BCUT2D eigenvalue weighted by Crippen LogP contribution is 2.17. The summed E-state index contributed by atoms with van der Waals surface area (Å²) in [6.45, 7) is 0.460. The van der Waals surface area contributed by atoms with Gasteiger partial charge in [0.05, 0.1) is 5.52 Å². The third-order valence-corrected chi connectivity index (χ3v) is 4.17. The maximum atomic E-state index is 12.5. The number of benzene rings is 2. The monoisotopic (exact) mass is 346 g/mol. The van der Waals surface area contributed by atoms with Crippen LogP contribution in [0.25, 0.3) is 22.3 Å². The minimum absolute atomic E-state index is 0.149. The average molecular weight is 346 g/mol. The molecule has 0 aliphatic carbocycles. The molecule has 1 amide bonds. The number of nitrogens with one attached hydrogen (secondary N) is 2. The average Bonchev–Trinajstić information content (AvgIpc) is 3.26. The largest absolute Gasteiger partial charge is 0.350 e. The van der Waals surface area contributed by atoms with Crippen molar-refractivity contribution in [3.63, 3.8) is 0 Å². The van der Waals surface area contributed by atoms with Crippen molar-refractivity contribution in [2.45, 2.75) is 6.42 Å². The number of aromatic amines is 1. The van der Waals surface area contributed by atoms with Crippen LogP contribution < -0.4 is 5.32 Å². The third kappa shape index (κ3) is 3.06. The molecule has 4 aromatic rings. The number of carbonyl (C=O) groups excluding carboxylic acids is 1. The molecule has 0 bridgehead atoms. The molecule has 2 N–H and O–H groups in total. The summed E-state index contributed by atoms with van der Waals surface area (Å²) in [5.41, 5.74) is 2.33. The summed E-state index contributed by atoms with van der Waals surface area (Å²) >= 11 is 0. The fourth-order valence-corrected chi connectivity index (χ4v) is 2.92. The van der Waals surface area contributed by atoms with Crippen LogP contribution in [0.5, 0.6) is 0 Å². The predicted molar refractivity (Wildman–Crippen MR) is 98.6 cm³/mol. The van der Waals surface area contributed by atoms with E-state index >= 15 is 0 Å². The van der Waals surface area contributed by atoms with E-state index in [2.05, 4.69) is 25.6 Å². The van der Waals surface area contributed by atoms with Crippen LogP contribution in [0.15, 0.2) is 54.6 Å². The molecular weight excluding hydrogens is 328 g/mol. The SMILES string of the molecule is Cn1nc2ccccc2c1C(=O)NCCc1nc(-c2ccccc2)n[nH]1. The van der Waals surface area contributed by atoms with E-state index in [4.69, 9.17) is 0 Å². The molecule has 0 saturated carbocycles. The number of carbonyl (C=O) groups is 1. The Morgan fingerprint density at radius 3 is 2.73 bits per heavy atom. The Morgan fingerprint density at radius 2 is 1.88 bits per heavy atom. The second kappa shape index (κ2) is 6.79. The summed E-state index contributed by atoms with van der Waals surface area (Å²) in [5, 5.41) is 15.3. The number of hydrogen-bond acceptors (Lipinski definition) is 4. The van der Waals surface area contributed by atoms with Crippen molar-refractivity contribution in [1.29, 1.82) is 0 Å². The molecule has 0 unspecified atom stereocenters. The van der Waals surface area contributed by atoms with Crippen molar-refractivity contribution >= 4 is 16.8 Å².